The Hall–Kier alpha value is -1.22. The summed E-state index contributed by atoms with van der Waals surface area (Å²) < 4.78 is 0. The molecule has 0 aliphatic heterocycles. The van der Waals surface area contributed by atoms with Crippen LogP contribution in [0.2, 0.25) is 0 Å². The van der Waals surface area contributed by atoms with Crippen LogP contribution in [0.4, 0.5) is 0 Å². The van der Waals surface area contributed by atoms with Crippen LogP contribution in [0.3, 0.4) is 0 Å². The molecule has 1 heterocycles. The zero-order chi connectivity index (χ0) is 10.4. The van der Waals surface area contributed by atoms with E-state index in [0.29, 0.717) is 12.8 Å². The van der Waals surface area contributed by atoms with Gasteiger partial charge in [0.2, 0.25) is 0 Å². The van der Waals surface area contributed by atoms with Crippen LogP contribution in [0, 0.1) is 0 Å². The van der Waals surface area contributed by atoms with E-state index in [1.54, 1.807) is 6.20 Å². The van der Waals surface area contributed by atoms with E-state index in [9.17, 15) is 4.79 Å². The first-order valence-corrected chi connectivity index (χ1v) is 4.89. The van der Waals surface area contributed by atoms with Gasteiger partial charge in [0.15, 0.2) is 0 Å². The number of nitrogens with two attached hydrogens (primary N) is 1. The van der Waals surface area contributed by atoms with E-state index in [4.69, 9.17) is 5.73 Å². The first-order valence-electron chi connectivity index (χ1n) is 4.89. The number of Topliss-reactive ketones (excluding diaryl/α,β-unsaturated/α-hetero) is 1. The topological polar surface area (TPSA) is 56.0 Å². The summed E-state index contributed by atoms with van der Waals surface area (Å²) in [6.07, 6.45) is 3.39. The Balaban J connectivity index is 2.42. The van der Waals surface area contributed by atoms with Gasteiger partial charge < -0.3 is 5.73 Å². The first kappa shape index (κ1) is 10.9. The summed E-state index contributed by atoms with van der Waals surface area (Å²) in [5.41, 5.74) is 6.51. The van der Waals surface area contributed by atoms with Crippen molar-refractivity contribution in [3.05, 3.63) is 30.1 Å². The Labute approximate surface area is 84.3 Å². The maximum atomic E-state index is 11.5. The normalized spacial score (nSPS) is 12.4. The number of ketones is 1. The summed E-state index contributed by atoms with van der Waals surface area (Å²) in [5.74, 6) is 0.165. The van der Waals surface area contributed by atoms with E-state index in [1.807, 2.05) is 25.1 Å². The molecule has 0 aromatic carbocycles. The molecule has 1 aromatic rings. The van der Waals surface area contributed by atoms with Gasteiger partial charge in [-0.1, -0.05) is 13.0 Å². The van der Waals surface area contributed by atoms with Crippen molar-refractivity contribution in [2.24, 2.45) is 5.73 Å². The van der Waals surface area contributed by atoms with Gasteiger partial charge in [-0.15, -0.1) is 0 Å². The Morgan fingerprint density at radius 1 is 1.57 bits per heavy atom. The van der Waals surface area contributed by atoms with E-state index < -0.39 is 0 Å². The van der Waals surface area contributed by atoms with Crippen LogP contribution in [0.5, 0.6) is 0 Å². The predicted octanol–water partition coefficient (Wildman–Crippen LogP) is 1.32. The molecule has 1 aromatic heterocycles. The van der Waals surface area contributed by atoms with Crippen molar-refractivity contribution in [3.63, 3.8) is 0 Å². The number of hydrogen-bond donors (Lipinski definition) is 1. The zero-order valence-corrected chi connectivity index (χ0v) is 8.44. The fraction of sp³-hybridized carbons (Fsp3) is 0.455. The van der Waals surface area contributed by atoms with Crippen LogP contribution in [-0.2, 0) is 11.2 Å². The van der Waals surface area contributed by atoms with Gasteiger partial charge in [0.25, 0.3) is 0 Å². The Morgan fingerprint density at radius 3 is 2.93 bits per heavy atom. The average Bonchev–Trinajstić information content (AvgIpc) is 2.19. The molecule has 0 spiro atoms. The summed E-state index contributed by atoms with van der Waals surface area (Å²) in [5, 5.41) is 0. The van der Waals surface area contributed by atoms with Gasteiger partial charge in [-0.05, 0) is 18.6 Å². The molecule has 0 aliphatic carbocycles. The molecule has 1 unspecified atom stereocenters. The number of carbonyl (C=O) groups is 1. The number of rotatable bonds is 5. The van der Waals surface area contributed by atoms with Gasteiger partial charge in [-0.3, -0.25) is 9.78 Å². The van der Waals surface area contributed by atoms with Crippen molar-refractivity contribution < 1.29 is 4.79 Å². The van der Waals surface area contributed by atoms with Crippen molar-refractivity contribution >= 4 is 5.78 Å². The fourth-order valence-corrected chi connectivity index (χ4v) is 1.21. The molecule has 76 valence electrons. The molecule has 0 radical (unpaired) electrons. The fourth-order valence-electron chi connectivity index (χ4n) is 1.21. The van der Waals surface area contributed by atoms with E-state index in [2.05, 4.69) is 4.98 Å². The molecule has 0 fully saturated rings. The zero-order valence-electron chi connectivity index (χ0n) is 8.44. The van der Waals surface area contributed by atoms with Crippen molar-refractivity contribution in [3.8, 4) is 0 Å². The maximum Gasteiger partial charge on any atom is 0.140 e. The van der Waals surface area contributed by atoms with Gasteiger partial charge in [0.1, 0.15) is 5.78 Å². The Kier molecular flexibility index (Phi) is 4.26. The maximum absolute atomic E-state index is 11.5. The molecule has 3 nitrogen and oxygen atoms in total. The minimum Gasteiger partial charge on any atom is -0.327 e. The number of pyridine rings is 1. The number of aromatic nitrogens is 1. The molecule has 14 heavy (non-hydrogen) atoms. The SMILES string of the molecule is CCC(N)CC(=O)Cc1ccccn1. The third kappa shape index (κ3) is 3.66. The lowest BCUT2D eigenvalue weighted by molar-refractivity contribution is -0.118. The Bertz CT molecular complexity index is 285. The quantitative estimate of drug-likeness (QED) is 0.765. The minimum atomic E-state index is -0.00814. The third-order valence-corrected chi connectivity index (χ3v) is 2.12. The van der Waals surface area contributed by atoms with Crippen LogP contribution in [0.25, 0.3) is 0 Å². The van der Waals surface area contributed by atoms with Crippen LogP contribution in [0.1, 0.15) is 25.5 Å². The molecule has 0 bridgehead atoms. The minimum absolute atomic E-state index is 0.00814. The highest BCUT2D eigenvalue weighted by Crippen LogP contribution is 2.01. The number of hydrogen-bond acceptors (Lipinski definition) is 3. The average molecular weight is 192 g/mol. The van der Waals surface area contributed by atoms with Crippen LogP contribution in [-0.4, -0.2) is 16.8 Å². The van der Waals surface area contributed by atoms with Crippen molar-refractivity contribution in [1.29, 1.82) is 0 Å². The van der Waals surface area contributed by atoms with Crippen molar-refractivity contribution in [1.82, 2.24) is 4.98 Å². The lowest BCUT2D eigenvalue weighted by Crippen LogP contribution is -2.23. The smallest absolute Gasteiger partial charge is 0.140 e. The second-order valence-corrected chi connectivity index (χ2v) is 3.41. The molecule has 0 amide bonds. The molecule has 3 heteroatoms. The van der Waals surface area contributed by atoms with E-state index in [-0.39, 0.29) is 11.8 Å². The molecular formula is C11H16N2O. The molecule has 1 rings (SSSR count). The van der Waals surface area contributed by atoms with Crippen LogP contribution < -0.4 is 5.73 Å². The molecule has 1 atom stereocenters. The number of nitrogens with zero attached hydrogens (tertiary/aromatic N) is 1. The van der Waals surface area contributed by atoms with Gasteiger partial charge in [0.05, 0.1) is 0 Å². The van der Waals surface area contributed by atoms with Crippen molar-refractivity contribution in [2.75, 3.05) is 0 Å². The van der Waals surface area contributed by atoms with E-state index >= 15 is 0 Å². The monoisotopic (exact) mass is 192 g/mol. The van der Waals surface area contributed by atoms with E-state index in [1.165, 1.54) is 0 Å². The van der Waals surface area contributed by atoms with Gasteiger partial charge in [-0.2, -0.15) is 0 Å². The Morgan fingerprint density at radius 2 is 2.36 bits per heavy atom. The largest absolute Gasteiger partial charge is 0.327 e. The van der Waals surface area contributed by atoms with Gasteiger partial charge >= 0.3 is 0 Å². The predicted molar refractivity (Wildman–Crippen MR) is 55.8 cm³/mol. The highest BCUT2D eigenvalue weighted by Gasteiger charge is 2.08. The highest BCUT2D eigenvalue weighted by atomic mass is 16.1. The van der Waals surface area contributed by atoms with Crippen LogP contribution in [0.15, 0.2) is 24.4 Å². The summed E-state index contributed by atoms with van der Waals surface area (Å²) in [6, 6.07) is 5.57. The second-order valence-electron chi connectivity index (χ2n) is 3.41. The molecule has 0 saturated heterocycles. The summed E-state index contributed by atoms with van der Waals surface area (Å²) >= 11 is 0. The van der Waals surface area contributed by atoms with Crippen molar-refractivity contribution in [2.45, 2.75) is 32.2 Å². The molecule has 0 saturated carbocycles. The van der Waals surface area contributed by atoms with E-state index in [0.717, 1.165) is 12.1 Å². The molecular weight excluding hydrogens is 176 g/mol. The highest BCUT2D eigenvalue weighted by molar-refractivity contribution is 5.80. The summed E-state index contributed by atoms with van der Waals surface area (Å²) in [6.45, 7) is 1.98. The first-order chi connectivity index (χ1) is 6.72. The number of carbonyl (C=O) groups excluding carboxylic acids is 1. The molecule has 2 N–H and O–H groups in total. The lowest BCUT2D eigenvalue weighted by atomic mass is 10.1. The lowest BCUT2D eigenvalue weighted by Gasteiger charge is -2.06. The second kappa shape index (κ2) is 5.50. The third-order valence-electron chi connectivity index (χ3n) is 2.12. The molecule has 0 aliphatic rings. The van der Waals surface area contributed by atoms with Crippen LogP contribution >= 0.6 is 0 Å². The summed E-state index contributed by atoms with van der Waals surface area (Å²) in [7, 11) is 0. The van der Waals surface area contributed by atoms with Gasteiger partial charge in [0, 0.05) is 30.8 Å². The summed E-state index contributed by atoms with van der Waals surface area (Å²) in [4.78, 5) is 15.6. The standard InChI is InChI=1S/C11H16N2O/c1-2-9(12)7-11(14)8-10-5-3-4-6-13-10/h3-6,9H,2,7-8,12H2,1H3. The van der Waals surface area contributed by atoms with Gasteiger partial charge in [-0.25, -0.2) is 0 Å².